The Morgan fingerprint density at radius 2 is 1.66 bits per heavy atom. The normalized spacial score (nSPS) is 18.5. The highest BCUT2D eigenvalue weighted by Gasteiger charge is 2.36. The Morgan fingerprint density at radius 3 is 2.38 bits per heavy atom. The van der Waals surface area contributed by atoms with Gasteiger partial charge in [0.1, 0.15) is 5.75 Å². The van der Waals surface area contributed by atoms with Crippen molar-refractivity contribution in [2.45, 2.75) is 19.6 Å². The zero-order valence-electron chi connectivity index (χ0n) is 18.2. The number of para-hydroxylation sites is 2. The number of ether oxygens (including phenoxy) is 1. The van der Waals surface area contributed by atoms with E-state index in [1.807, 2.05) is 53.4 Å². The van der Waals surface area contributed by atoms with Gasteiger partial charge in [0.2, 0.25) is 11.8 Å². The second kappa shape index (κ2) is 9.82. The molecule has 0 spiro atoms. The van der Waals surface area contributed by atoms with Crippen LogP contribution in [0.1, 0.15) is 12.5 Å². The van der Waals surface area contributed by atoms with Crippen molar-refractivity contribution < 1.29 is 19.1 Å². The molecule has 2 aromatic rings. The lowest BCUT2D eigenvalue weighted by Gasteiger charge is -2.39. The Morgan fingerprint density at radius 1 is 0.969 bits per heavy atom. The molecule has 0 bridgehead atoms. The van der Waals surface area contributed by atoms with Gasteiger partial charge in [-0.25, -0.2) is 0 Å². The smallest absolute Gasteiger partial charge is 0.265 e. The van der Waals surface area contributed by atoms with Crippen molar-refractivity contribution in [3.8, 4) is 5.75 Å². The summed E-state index contributed by atoms with van der Waals surface area (Å²) in [4.78, 5) is 42.9. The van der Waals surface area contributed by atoms with E-state index >= 15 is 0 Å². The van der Waals surface area contributed by atoms with Gasteiger partial charge in [0, 0.05) is 39.6 Å². The molecule has 2 aliphatic heterocycles. The predicted molar refractivity (Wildman–Crippen MR) is 120 cm³/mol. The highest BCUT2D eigenvalue weighted by molar-refractivity contribution is 5.95. The minimum Gasteiger partial charge on any atom is -0.476 e. The second-order valence-electron chi connectivity index (χ2n) is 8.07. The number of hydrogen-bond donors (Lipinski definition) is 1. The van der Waals surface area contributed by atoms with Gasteiger partial charge < -0.3 is 19.9 Å². The van der Waals surface area contributed by atoms with E-state index < -0.39 is 6.10 Å². The van der Waals surface area contributed by atoms with Crippen LogP contribution in [0.15, 0.2) is 54.6 Å². The second-order valence-corrected chi connectivity index (χ2v) is 8.07. The topological polar surface area (TPSA) is 82.2 Å². The molecule has 1 unspecified atom stereocenters. The van der Waals surface area contributed by atoms with E-state index in [1.54, 1.807) is 15.9 Å². The maximum Gasteiger partial charge on any atom is 0.265 e. The molecule has 1 fully saturated rings. The number of carbonyl (C=O) groups excluding carboxylic acids is 3. The number of piperazine rings is 1. The number of anilines is 1. The first-order valence-corrected chi connectivity index (χ1v) is 10.9. The fraction of sp³-hybridized carbons (Fsp3) is 0.375. The molecule has 1 atom stereocenters. The van der Waals surface area contributed by atoms with Crippen LogP contribution in [0.5, 0.6) is 5.75 Å². The molecule has 2 heterocycles. The van der Waals surface area contributed by atoms with Crippen molar-refractivity contribution in [2.75, 3.05) is 44.2 Å². The molecule has 2 aromatic carbocycles. The van der Waals surface area contributed by atoms with Gasteiger partial charge in [-0.2, -0.15) is 0 Å². The Bertz CT molecular complexity index is 973. The van der Waals surface area contributed by atoms with Gasteiger partial charge in [-0.05, 0) is 17.7 Å². The molecule has 8 heteroatoms. The summed E-state index contributed by atoms with van der Waals surface area (Å²) in [5.74, 6) is 0.266. The molecule has 32 heavy (non-hydrogen) atoms. The summed E-state index contributed by atoms with van der Waals surface area (Å²) in [6.07, 6.45) is -0.727. The molecule has 0 saturated carbocycles. The maximum atomic E-state index is 13.1. The van der Waals surface area contributed by atoms with Gasteiger partial charge in [0.15, 0.2) is 6.10 Å². The van der Waals surface area contributed by atoms with Gasteiger partial charge in [0.05, 0.1) is 18.8 Å². The molecule has 2 aliphatic rings. The van der Waals surface area contributed by atoms with E-state index in [-0.39, 0.29) is 24.3 Å². The summed E-state index contributed by atoms with van der Waals surface area (Å²) in [5.41, 5.74) is 1.75. The van der Waals surface area contributed by atoms with Crippen molar-refractivity contribution in [1.29, 1.82) is 0 Å². The summed E-state index contributed by atoms with van der Waals surface area (Å²) < 4.78 is 5.93. The van der Waals surface area contributed by atoms with E-state index in [0.717, 1.165) is 5.56 Å². The predicted octanol–water partition coefficient (Wildman–Crippen LogP) is 1.26. The number of nitrogens with one attached hydrogen (secondary N) is 1. The fourth-order valence-electron chi connectivity index (χ4n) is 4.05. The third-order valence-electron chi connectivity index (χ3n) is 5.81. The van der Waals surface area contributed by atoms with Gasteiger partial charge in [-0.3, -0.25) is 19.3 Å². The average Bonchev–Trinajstić information content (AvgIpc) is 2.82. The monoisotopic (exact) mass is 436 g/mol. The highest BCUT2D eigenvalue weighted by atomic mass is 16.5. The van der Waals surface area contributed by atoms with Crippen molar-refractivity contribution in [3.63, 3.8) is 0 Å². The van der Waals surface area contributed by atoms with E-state index in [1.165, 1.54) is 6.92 Å². The van der Waals surface area contributed by atoms with Crippen LogP contribution in [0.3, 0.4) is 0 Å². The van der Waals surface area contributed by atoms with Crippen LogP contribution in [0.4, 0.5) is 5.69 Å². The van der Waals surface area contributed by atoms with Crippen molar-refractivity contribution in [3.05, 3.63) is 60.2 Å². The first kappa shape index (κ1) is 21.8. The molecule has 8 nitrogen and oxygen atoms in total. The first-order valence-electron chi connectivity index (χ1n) is 10.9. The lowest BCUT2D eigenvalue weighted by Crippen LogP contribution is -2.56. The van der Waals surface area contributed by atoms with Crippen LogP contribution >= 0.6 is 0 Å². The number of rotatable bonds is 5. The van der Waals surface area contributed by atoms with Crippen LogP contribution in [0.2, 0.25) is 0 Å². The van der Waals surface area contributed by atoms with Crippen LogP contribution in [0, 0.1) is 0 Å². The van der Waals surface area contributed by atoms with E-state index in [4.69, 9.17) is 4.74 Å². The number of carbonyl (C=O) groups is 3. The molecular formula is C24H28N4O4. The third kappa shape index (κ3) is 5.08. The third-order valence-corrected chi connectivity index (χ3v) is 5.81. The Hall–Kier alpha value is -3.39. The number of hydrogen-bond acceptors (Lipinski definition) is 5. The molecule has 1 N–H and O–H groups in total. The van der Waals surface area contributed by atoms with Crippen molar-refractivity contribution in [1.82, 2.24) is 15.1 Å². The number of benzene rings is 2. The molecular weight excluding hydrogens is 408 g/mol. The van der Waals surface area contributed by atoms with Gasteiger partial charge in [-0.1, -0.05) is 42.5 Å². The number of nitrogens with zero attached hydrogens (tertiary/aromatic N) is 3. The molecule has 4 rings (SSSR count). The van der Waals surface area contributed by atoms with Gasteiger partial charge >= 0.3 is 0 Å². The Labute approximate surface area is 187 Å². The number of amides is 3. The SMILES string of the molecule is CC(=O)N1CC(C(=O)N2CCN(CC(=O)NCc3ccccc3)CC2)Oc2ccccc21. The first-order chi connectivity index (χ1) is 15.5. The maximum absolute atomic E-state index is 13.1. The largest absolute Gasteiger partial charge is 0.476 e. The Balaban J connectivity index is 1.27. The summed E-state index contributed by atoms with van der Waals surface area (Å²) in [6, 6.07) is 17.1. The molecule has 1 saturated heterocycles. The number of fused-ring (bicyclic) bond motifs is 1. The molecule has 168 valence electrons. The van der Waals surface area contributed by atoms with Crippen LogP contribution < -0.4 is 15.0 Å². The van der Waals surface area contributed by atoms with E-state index in [9.17, 15) is 14.4 Å². The molecule has 0 aromatic heterocycles. The lowest BCUT2D eigenvalue weighted by atomic mass is 10.1. The van der Waals surface area contributed by atoms with Crippen molar-refractivity contribution in [2.24, 2.45) is 0 Å². The van der Waals surface area contributed by atoms with Crippen LogP contribution in [0.25, 0.3) is 0 Å². The van der Waals surface area contributed by atoms with Gasteiger partial charge in [0.25, 0.3) is 5.91 Å². The quantitative estimate of drug-likeness (QED) is 0.763. The summed E-state index contributed by atoms with van der Waals surface area (Å²) >= 11 is 0. The zero-order chi connectivity index (χ0) is 22.5. The molecule has 0 radical (unpaired) electrons. The minimum atomic E-state index is -0.727. The summed E-state index contributed by atoms with van der Waals surface area (Å²) in [6.45, 7) is 4.78. The molecule has 0 aliphatic carbocycles. The summed E-state index contributed by atoms with van der Waals surface area (Å²) in [7, 11) is 0. The van der Waals surface area contributed by atoms with Crippen LogP contribution in [-0.4, -0.2) is 72.9 Å². The van der Waals surface area contributed by atoms with Gasteiger partial charge in [-0.15, -0.1) is 0 Å². The highest BCUT2D eigenvalue weighted by Crippen LogP contribution is 2.33. The fourth-order valence-corrected chi connectivity index (χ4v) is 4.05. The lowest BCUT2D eigenvalue weighted by molar-refractivity contribution is -0.140. The minimum absolute atomic E-state index is 0.0297. The summed E-state index contributed by atoms with van der Waals surface area (Å²) in [5, 5.41) is 2.94. The average molecular weight is 437 g/mol. The standard InChI is InChI=1S/C24H28N4O4/c1-18(29)28-16-22(32-21-10-6-5-9-20(21)28)24(31)27-13-11-26(12-14-27)17-23(30)25-15-19-7-3-2-4-8-19/h2-10,22H,11-17H2,1H3,(H,25,30). The Kier molecular flexibility index (Phi) is 6.70. The van der Waals surface area contributed by atoms with E-state index in [0.29, 0.717) is 50.7 Å². The van der Waals surface area contributed by atoms with Crippen molar-refractivity contribution >= 4 is 23.4 Å². The van der Waals surface area contributed by atoms with E-state index in [2.05, 4.69) is 5.32 Å². The molecule has 3 amide bonds. The zero-order valence-corrected chi connectivity index (χ0v) is 18.2. The van der Waals surface area contributed by atoms with Crippen LogP contribution in [-0.2, 0) is 20.9 Å².